The van der Waals surface area contributed by atoms with Gasteiger partial charge in [-0.2, -0.15) is 0 Å². The summed E-state index contributed by atoms with van der Waals surface area (Å²) >= 11 is 0. The summed E-state index contributed by atoms with van der Waals surface area (Å²) in [5.74, 6) is -0.789. The summed E-state index contributed by atoms with van der Waals surface area (Å²) in [6.07, 6.45) is 0.941. The van der Waals surface area contributed by atoms with Crippen molar-refractivity contribution in [3.05, 3.63) is 78.9 Å². The second-order valence-electron chi connectivity index (χ2n) is 4.24. The van der Waals surface area contributed by atoms with E-state index in [9.17, 15) is 13.2 Å². The zero-order chi connectivity index (χ0) is 15.3. The van der Waals surface area contributed by atoms with Crippen LogP contribution < -0.4 is 0 Å². The quantitative estimate of drug-likeness (QED) is 0.629. The van der Waals surface area contributed by atoms with Crippen molar-refractivity contribution >= 4 is 15.8 Å². The van der Waals surface area contributed by atoms with Crippen LogP contribution in [0.15, 0.2) is 78.2 Å². The zero-order valence-corrected chi connectivity index (χ0v) is 12.0. The molecule has 21 heavy (non-hydrogen) atoms. The lowest BCUT2D eigenvalue weighted by Crippen LogP contribution is -2.19. The van der Waals surface area contributed by atoms with Gasteiger partial charge in [0.1, 0.15) is 0 Å². The summed E-state index contributed by atoms with van der Waals surface area (Å²) in [5, 5.41) is 0. The summed E-state index contributed by atoms with van der Waals surface area (Å²) in [5.41, 5.74) is -1.01. The van der Waals surface area contributed by atoms with Crippen molar-refractivity contribution in [3.63, 3.8) is 0 Å². The highest BCUT2D eigenvalue weighted by molar-refractivity contribution is 7.91. The van der Waals surface area contributed by atoms with Crippen molar-refractivity contribution in [2.45, 2.75) is 10.3 Å². The van der Waals surface area contributed by atoms with E-state index in [1.54, 1.807) is 48.5 Å². The van der Waals surface area contributed by atoms with Crippen LogP contribution in [0.4, 0.5) is 0 Å². The molecular weight excluding hydrogens is 288 g/mol. The van der Waals surface area contributed by atoms with E-state index in [4.69, 9.17) is 4.74 Å². The lowest BCUT2D eigenvalue weighted by molar-refractivity contribution is -0.139. The average Bonchev–Trinajstić information content (AvgIpc) is 2.53. The van der Waals surface area contributed by atoms with Crippen molar-refractivity contribution in [2.24, 2.45) is 0 Å². The molecule has 0 aliphatic heterocycles. The number of sulfone groups is 1. The van der Waals surface area contributed by atoms with Crippen LogP contribution in [0.1, 0.15) is 11.0 Å². The number of ether oxygens (including phenoxy) is 1. The van der Waals surface area contributed by atoms with Crippen LogP contribution in [0.5, 0.6) is 0 Å². The Morgan fingerprint density at radius 1 is 1.00 bits per heavy atom. The van der Waals surface area contributed by atoms with Crippen molar-refractivity contribution < 1.29 is 17.9 Å². The van der Waals surface area contributed by atoms with Gasteiger partial charge in [-0.3, -0.25) is 0 Å². The van der Waals surface area contributed by atoms with E-state index in [-0.39, 0.29) is 4.90 Å². The maximum atomic E-state index is 12.7. The van der Waals surface area contributed by atoms with E-state index < -0.39 is 21.2 Å². The van der Waals surface area contributed by atoms with Crippen molar-refractivity contribution in [1.82, 2.24) is 0 Å². The van der Waals surface area contributed by atoms with Crippen LogP contribution in [-0.2, 0) is 19.4 Å². The fraction of sp³-hybridized carbons (Fsp3) is 0.0625. The van der Waals surface area contributed by atoms with Gasteiger partial charge in [-0.05, 0) is 12.1 Å². The normalized spacial score (nSPS) is 12.4. The van der Waals surface area contributed by atoms with E-state index >= 15 is 0 Å². The summed E-state index contributed by atoms with van der Waals surface area (Å²) in [6.45, 7) is 3.29. The molecule has 5 heteroatoms. The molecule has 2 aromatic rings. The standard InChI is InChI=1S/C16H14O4S/c1-2-15(17)20-16(13-9-5-3-6-10-13)21(18,19)14-11-7-4-8-12-14/h2-12,16H,1H2. The van der Waals surface area contributed by atoms with Gasteiger partial charge in [0, 0.05) is 11.6 Å². The van der Waals surface area contributed by atoms with E-state index in [1.807, 2.05) is 0 Å². The smallest absolute Gasteiger partial charge is 0.331 e. The number of carbonyl (C=O) groups excluding carboxylic acids is 1. The molecule has 1 unspecified atom stereocenters. The Hall–Kier alpha value is -2.40. The molecule has 0 spiro atoms. The van der Waals surface area contributed by atoms with Gasteiger partial charge < -0.3 is 4.74 Å². The van der Waals surface area contributed by atoms with Crippen molar-refractivity contribution in [1.29, 1.82) is 0 Å². The molecule has 0 radical (unpaired) electrons. The van der Waals surface area contributed by atoms with E-state index in [0.29, 0.717) is 5.56 Å². The average molecular weight is 302 g/mol. The summed E-state index contributed by atoms with van der Waals surface area (Å²) < 4.78 is 30.4. The van der Waals surface area contributed by atoms with E-state index in [0.717, 1.165) is 6.08 Å². The number of rotatable bonds is 5. The molecule has 2 aromatic carbocycles. The zero-order valence-electron chi connectivity index (χ0n) is 11.2. The van der Waals surface area contributed by atoms with Gasteiger partial charge in [0.25, 0.3) is 0 Å². The summed E-state index contributed by atoms with van der Waals surface area (Å²) in [7, 11) is -3.85. The van der Waals surface area contributed by atoms with Crippen molar-refractivity contribution in [2.75, 3.05) is 0 Å². The first kappa shape index (κ1) is 15.0. The molecule has 4 nitrogen and oxygen atoms in total. The number of hydrogen-bond acceptors (Lipinski definition) is 4. The Kier molecular flexibility index (Phi) is 4.55. The van der Waals surface area contributed by atoms with Gasteiger partial charge in [0.15, 0.2) is 0 Å². The van der Waals surface area contributed by atoms with Crippen LogP contribution in [0.3, 0.4) is 0 Å². The third-order valence-electron chi connectivity index (χ3n) is 2.82. The predicted molar refractivity (Wildman–Crippen MR) is 79.1 cm³/mol. The molecule has 0 aliphatic carbocycles. The Balaban J connectivity index is 2.49. The second-order valence-corrected chi connectivity index (χ2v) is 6.23. The monoisotopic (exact) mass is 302 g/mol. The minimum Gasteiger partial charge on any atom is -0.437 e. The first-order valence-corrected chi connectivity index (χ1v) is 7.77. The molecule has 0 N–H and O–H groups in total. The molecule has 0 amide bonds. The minimum absolute atomic E-state index is 0.0933. The maximum absolute atomic E-state index is 12.7. The lowest BCUT2D eigenvalue weighted by Gasteiger charge is -2.18. The first-order chi connectivity index (χ1) is 10.1. The van der Waals surface area contributed by atoms with Crippen LogP contribution in [0.2, 0.25) is 0 Å². The third kappa shape index (κ3) is 3.38. The number of hydrogen-bond donors (Lipinski definition) is 0. The summed E-state index contributed by atoms with van der Waals surface area (Å²) in [4.78, 5) is 11.6. The fourth-order valence-corrected chi connectivity index (χ4v) is 3.33. The lowest BCUT2D eigenvalue weighted by atomic mass is 10.2. The molecule has 2 rings (SSSR count). The highest BCUT2D eigenvalue weighted by Crippen LogP contribution is 2.30. The number of esters is 1. The molecule has 0 aromatic heterocycles. The highest BCUT2D eigenvalue weighted by Gasteiger charge is 2.31. The SMILES string of the molecule is C=CC(=O)OC(c1ccccc1)S(=O)(=O)c1ccccc1. The highest BCUT2D eigenvalue weighted by atomic mass is 32.2. The first-order valence-electron chi connectivity index (χ1n) is 6.22. The Labute approximate surface area is 123 Å². The molecule has 0 aliphatic rings. The second kappa shape index (κ2) is 6.37. The molecule has 0 saturated heterocycles. The molecular formula is C16H14O4S. The third-order valence-corrected chi connectivity index (χ3v) is 4.68. The molecule has 0 fully saturated rings. The molecule has 0 heterocycles. The number of carbonyl (C=O) groups is 1. The van der Waals surface area contributed by atoms with Gasteiger partial charge in [-0.25, -0.2) is 13.2 Å². The van der Waals surface area contributed by atoms with E-state index in [1.165, 1.54) is 12.1 Å². The van der Waals surface area contributed by atoms with Crippen molar-refractivity contribution in [3.8, 4) is 0 Å². The van der Waals surface area contributed by atoms with Gasteiger partial charge in [-0.1, -0.05) is 55.1 Å². The van der Waals surface area contributed by atoms with Crippen LogP contribution >= 0.6 is 0 Å². The Morgan fingerprint density at radius 3 is 2.05 bits per heavy atom. The Morgan fingerprint density at radius 2 is 1.52 bits per heavy atom. The van der Waals surface area contributed by atoms with Gasteiger partial charge in [0.2, 0.25) is 15.3 Å². The topological polar surface area (TPSA) is 60.4 Å². The van der Waals surface area contributed by atoms with Gasteiger partial charge >= 0.3 is 5.97 Å². The maximum Gasteiger partial charge on any atom is 0.331 e. The summed E-state index contributed by atoms with van der Waals surface area (Å²) in [6, 6.07) is 16.2. The largest absolute Gasteiger partial charge is 0.437 e. The Bertz CT molecular complexity index is 721. The van der Waals surface area contributed by atoms with Gasteiger partial charge in [0.05, 0.1) is 4.90 Å². The molecule has 0 bridgehead atoms. The predicted octanol–water partition coefficient (Wildman–Crippen LogP) is 2.89. The van der Waals surface area contributed by atoms with Crippen LogP contribution in [0, 0.1) is 0 Å². The molecule has 0 saturated carbocycles. The van der Waals surface area contributed by atoms with Crippen LogP contribution in [-0.4, -0.2) is 14.4 Å². The number of benzene rings is 2. The fourth-order valence-electron chi connectivity index (χ4n) is 1.81. The molecule has 108 valence electrons. The van der Waals surface area contributed by atoms with Crippen LogP contribution in [0.25, 0.3) is 0 Å². The van der Waals surface area contributed by atoms with Gasteiger partial charge in [-0.15, -0.1) is 0 Å². The van der Waals surface area contributed by atoms with E-state index in [2.05, 4.69) is 6.58 Å². The minimum atomic E-state index is -3.85. The molecule has 1 atom stereocenters.